The lowest BCUT2D eigenvalue weighted by Gasteiger charge is -2.25. The Hall–Kier alpha value is -7.94. The molecule has 0 radical (unpaired) electrons. The molecule has 0 saturated heterocycles. The molecule has 0 N–H and O–H groups in total. The number of nitrogens with zero attached hydrogens (tertiary/aromatic N) is 2. The zero-order valence-electron chi connectivity index (χ0n) is 33.1. The van der Waals surface area contributed by atoms with Crippen molar-refractivity contribution in [3.63, 3.8) is 0 Å². The van der Waals surface area contributed by atoms with Gasteiger partial charge in [-0.2, -0.15) is 0 Å². The highest BCUT2D eigenvalue weighted by molar-refractivity contribution is 6.23. The van der Waals surface area contributed by atoms with E-state index in [0.717, 1.165) is 45.3 Å². The molecule has 0 atom stereocenters. The summed E-state index contributed by atoms with van der Waals surface area (Å²) >= 11 is 0. The number of rotatable bonds is 10. The molecule has 60 heavy (non-hydrogen) atoms. The second kappa shape index (κ2) is 16.5. The Kier molecular flexibility index (Phi) is 10.0. The fraction of sp³-hybridized carbons (Fsp3) is 0. The lowest BCUT2D eigenvalue weighted by atomic mass is 9.89. The number of hydrogen-bond acceptors (Lipinski definition) is 2. The summed E-state index contributed by atoms with van der Waals surface area (Å²) in [5, 5.41) is 7.46. The average Bonchev–Trinajstić information content (AvgIpc) is 3.32. The first-order valence-electron chi connectivity index (χ1n) is 20.5. The molecule has 10 aromatic rings. The highest BCUT2D eigenvalue weighted by Crippen LogP contribution is 2.40. The third kappa shape index (κ3) is 7.35. The van der Waals surface area contributed by atoms with E-state index in [2.05, 4.69) is 265 Å². The van der Waals surface area contributed by atoms with Crippen LogP contribution in [0.5, 0.6) is 0 Å². The molecule has 0 saturated carbocycles. The highest BCUT2D eigenvalue weighted by Gasteiger charge is 2.15. The van der Waals surface area contributed by atoms with Gasteiger partial charge in [0.25, 0.3) is 0 Å². The van der Waals surface area contributed by atoms with E-state index in [1.807, 2.05) is 0 Å². The molecular formula is C58H42N2. The maximum absolute atomic E-state index is 2.35. The molecule has 2 heteroatoms. The van der Waals surface area contributed by atoms with Crippen LogP contribution in [0.4, 0.5) is 34.1 Å². The minimum Gasteiger partial charge on any atom is -0.311 e. The van der Waals surface area contributed by atoms with Crippen LogP contribution >= 0.6 is 0 Å². The maximum Gasteiger partial charge on any atom is 0.0462 e. The molecule has 0 amide bonds. The molecule has 0 spiro atoms. The minimum absolute atomic E-state index is 1.11. The lowest BCUT2D eigenvalue weighted by molar-refractivity contribution is 1.28. The maximum atomic E-state index is 2.35. The molecule has 0 aliphatic heterocycles. The predicted octanol–water partition coefficient (Wildman–Crippen LogP) is 16.4. The van der Waals surface area contributed by atoms with Crippen LogP contribution in [0.3, 0.4) is 0 Å². The SMILES string of the molecule is C(=Cc1cc2ccccc2c2c(C=Cc3ccc(N(c4ccccc4)c4ccccc4)cc3)cc3ccccc3c12)c1ccc(N(c2ccccc2)c2ccccc2)cc1. The van der Waals surface area contributed by atoms with Crippen molar-refractivity contribution in [3.8, 4) is 0 Å². The summed E-state index contributed by atoms with van der Waals surface area (Å²) in [6.45, 7) is 0. The van der Waals surface area contributed by atoms with Gasteiger partial charge in [0.15, 0.2) is 0 Å². The smallest absolute Gasteiger partial charge is 0.0462 e. The molecular weight excluding hydrogens is 725 g/mol. The summed E-state index contributed by atoms with van der Waals surface area (Å²) in [5.41, 5.74) is 11.4. The van der Waals surface area contributed by atoms with Gasteiger partial charge in [-0.05, 0) is 140 Å². The largest absolute Gasteiger partial charge is 0.311 e. The summed E-state index contributed by atoms with van der Waals surface area (Å²) in [6.07, 6.45) is 9.07. The van der Waals surface area contributed by atoms with Crippen molar-refractivity contribution >= 4 is 90.7 Å². The van der Waals surface area contributed by atoms with Gasteiger partial charge in [0, 0.05) is 34.1 Å². The van der Waals surface area contributed by atoms with Crippen LogP contribution in [0.2, 0.25) is 0 Å². The minimum atomic E-state index is 1.11. The monoisotopic (exact) mass is 766 g/mol. The van der Waals surface area contributed by atoms with Crippen molar-refractivity contribution in [2.24, 2.45) is 0 Å². The Bertz CT molecular complexity index is 2810. The van der Waals surface area contributed by atoms with Crippen molar-refractivity contribution in [1.82, 2.24) is 0 Å². The molecule has 2 nitrogen and oxygen atoms in total. The van der Waals surface area contributed by atoms with E-state index >= 15 is 0 Å². The molecule has 0 aromatic heterocycles. The van der Waals surface area contributed by atoms with Crippen molar-refractivity contribution in [2.75, 3.05) is 9.80 Å². The van der Waals surface area contributed by atoms with Gasteiger partial charge in [0.05, 0.1) is 0 Å². The summed E-state index contributed by atoms with van der Waals surface area (Å²) in [6, 6.07) is 82.1. The van der Waals surface area contributed by atoms with Crippen LogP contribution in [0.15, 0.2) is 231 Å². The van der Waals surface area contributed by atoms with E-state index in [0.29, 0.717) is 0 Å². The standard InChI is InChI=1S/C58H42N2/c1-5-19-49(20-6-1)59(50-21-7-2-8-22-50)53-37-31-43(32-38-53)29-35-47-41-45-17-13-16-28-56(45)58-48(42-46-18-14-15-27-55(46)57(47)58)36-30-44-33-39-54(40-34-44)60(51-23-9-3-10-24-51)52-25-11-4-12-26-52/h1-42H. The third-order valence-corrected chi connectivity index (χ3v) is 11.2. The molecule has 284 valence electrons. The number of anilines is 6. The first-order chi connectivity index (χ1) is 29.8. The van der Waals surface area contributed by atoms with Crippen molar-refractivity contribution in [2.45, 2.75) is 0 Å². The van der Waals surface area contributed by atoms with E-state index in [-0.39, 0.29) is 0 Å². The van der Waals surface area contributed by atoms with E-state index in [1.165, 1.54) is 43.4 Å². The van der Waals surface area contributed by atoms with Gasteiger partial charge >= 0.3 is 0 Å². The predicted molar refractivity (Wildman–Crippen MR) is 259 cm³/mol. The Balaban J connectivity index is 1.03. The summed E-state index contributed by atoms with van der Waals surface area (Å²) < 4.78 is 0. The highest BCUT2D eigenvalue weighted by atomic mass is 15.1. The Morgan fingerprint density at radius 2 is 0.533 bits per heavy atom. The number of hydrogen-bond donors (Lipinski definition) is 0. The Morgan fingerprint density at radius 3 is 0.867 bits per heavy atom. The quantitative estimate of drug-likeness (QED) is 0.101. The molecule has 10 aromatic carbocycles. The Morgan fingerprint density at radius 1 is 0.250 bits per heavy atom. The van der Waals surface area contributed by atoms with Crippen LogP contribution in [-0.2, 0) is 0 Å². The third-order valence-electron chi connectivity index (χ3n) is 11.2. The van der Waals surface area contributed by atoms with Crippen molar-refractivity contribution in [3.05, 3.63) is 253 Å². The van der Waals surface area contributed by atoms with Gasteiger partial charge in [0.1, 0.15) is 0 Å². The van der Waals surface area contributed by atoms with Gasteiger partial charge in [-0.3, -0.25) is 0 Å². The number of benzene rings is 10. The Labute approximate surface area is 351 Å². The first kappa shape index (κ1) is 36.4. The molecule has 0 aliphatic carbocycles. The van der Waals surface area contributed by atoms with Gasteiger partial charge in [-0.1, -0.05) is 170 Å². The van der Waals surface area contributed by atoms with Gasteiger partial charge in [0.2, 0.25) is 0 Å². The summed E-state index contributed by atoms with van der Waals surface area (Å²) in [7, 11) is 0. The summed E-state index contributed by atoms with van der Waals surface area (Å²) in [5.74, 6) is 0. The van der Waals surface area contributed by atoms with Gasteiger partial charge in [-0.15, -0.1) is 0 Å². The van der Waals surface area contributed by atoms with Crippen LogP contribution in [0, 0.1) is 0 Å². The van der Waals surface area contributed by atoms with Crippen molar-refractivity contribution in [1.29, 1.82) is 0 Å². The molecule has 0 fully saturated rings. The fourth-order valence-corrected chi connectivity index (χ4v) is 8.36. The van der Waals surface area contributed by atoms with Gasteiger partial charge in [-0.25, -0.2) is 0 Å². The van der Waals surface area contributed by atoms with E-state index in [1.54, 1.807) is 0 Å². The first-order valence-corrected chi connectivity index (χ1v) is 20.5. The second-order valence-electron chi connectivity index (χ2n) is 15.0. The molecule has 10 rings (SSSR count). The zero-order chi connectivity index (χ0) is 40.1. The summed E-state index contributed by atoms with van der Waals surface area (Å²) in [4.78, 5) is 4.59. The van der Waals surface area contributed by atoms with Crippen LogP contribution in [-0.4, -0.2) is 0 Å². The molecule has 0 bridgehead atoms. The molecule has 0 heterocycles. The molecule has 0 aliphatic rings. The number of para-hydroxylation sites is 4. The van der Waals surface area contributed by atoms with E-state index in [4.69, 9.17) is 0 Å². The van der Waals surface area contributed by atoms with Crippen LogP contribution in [0.1, 0.15) is 22.3 Å². The lowest BCUT2D eigenvalue weighted by Crippen LogP contribution is -2.09. The molecule has 0 unspecified atom stereocenters. The normalized spacial score (nSPS) is 11.5. The van der Waals surface area contributed by atoms with E-state index in [9.17, 15) is 0 Å². The van der Waals surface area contributed by atoms with Gasteiger partial charge < -0.3 is 9.80 Å². The second-order valence-corrected chi connectivity index (χ2v) is 15.0. The average molecular weight is 767 g/mol. The van der Waals surface area contributed by atoms with Crippen LogP contribution < -0.4 is 9.80 Å². The topological polar surface area (TPSA) is 6.48 Å². The van der Waals surface area contributed by atoms with Crippen LogP contribution in [0.25, 0.3) is 56.6 Å². The van der Waals surface area contributed by atoms with Crippen molar-refractivity contribution < 1.29 is 0 Å². The van der Waals surface area contributed by atoms with E-state index < -0.39 is 0 Å². The number of fused-ring (bicyclic) bond motifs is 5. The fourth-order valence-electron chi connectivity index (χ4n) is 8.36. The zero-order valence-corrected chi connectivity index (χ0v) is 33.1.